The lowest BCUT2D eigenvalue weighted by molar-refractivity contribution is -0.671. The molecule has 3 aliphatic rings. The number of carboxylic acid groups (broad SMARTS) is 1. The Hall–Kier alpha value is -3.35. The molecule has 36 heavy (non-hydrogen) atoms. The smallest absolute Gasteiger partial charge is 0.265 e. The standard InChI is InChI=1S/C24H22N4O6S2/c1-13(29)19-22(30)28-21(24(31)32)17(35-23(19)28)11-27-16-5-3-4-15-14(10-26-9-8-25(2)12-26)6-7-18(20(15)16)36(27,33)34/h3-9,12-13,19,23,29H,10-11H2,1-2H3/t13-,19?,23?/m0/s1. The number of aromatic nitrogens is 2. The van der Waals surface area contributed by atoms with Gasteiger partial charge in [-0.05, 0) is 24.4 Å². The Morgan fingerprint density at radius 1 is 1.25 bits per heavy atom. The van der Waals surface area contributed by atoms with Crippen LogP contribution >= 0.6 is 11.8 Å². The number of imidazole rings is 1. The van der Waals surface area contributed by atoms with Crippen LogP contribution in [0.5, 0.6) is 0 Å². The number of aliphatic hydroxyl groups excluding tert-OH is 1. The number of sulfonamides is 1. The molecule has 0 aliphatic carbocycles. The molecule has 1 fully saturated rings. The van der Waals surface area contributed by atoms with Gasteiger partial charge in [-0.2, -0.15) is 0 Å². The van der Waals surface area contributed by atoms with E-state index in [-0.39, 0.29) is 22.0 Å². The summed E-state index contributed by atoms with van der Waals surface area (Å²) in [6, 6.07) is 8.76. The van der Waals surface area contributed by atoms with E-state index in [2.05, 4.69) is 0 Å². The Bertz CT molecular complexity index is 1610. The molecule has 12 heteroatoms. The molecule has 2 unspecified atom stereocenters. The molecule has 2 aromatic carbocycles. The summed E-state index contributed by atoms with van der Waals surface area (Å²) in [6.45, 7) is 1.78. The van der Waals surface area contributed by atoms with Crippen molar-refractivity contribution in [3.8, 4) is 0 Å². The zero-order chi connectivity index (χ0) is 25.5. The number of aliphatic hydroxyl groups is 1. The SMILES string of the molecule is C[C@H](O)C1C(=O)N2C(C(=O)[O-])=C(CN3c4cccc5c(Cn6cc[n+](C)c6)ccc(c45)S3(=O)=O)SC12. The van der Waals surface area contributed by atoms with E-state index in [1.165, 1.54) is 11.2 Å². The maximum Gasteiger partial charge on any atom is 0.265 e. The van der Waals surface area contributed by atoms with E-state index in [1.807, 2.05) is 41.0 Å². The summed E-state index contributed by atoms with van der Waals surface area (Å²) < 4.78 is 32.4. The molecule has 186 valence electrons. The molecular weight excluding hydrogens is 504 g/mol. The number of aliphatic carboxylic acids is 1. The summed E-state index contributed by atoms with van der Waals surface area (Å²) in [6.07, 6.45) is 4.83. The number of carbonyl (C=O) groups excluding carboxylic acids is 2. The lowest BCUT2D eigenvalue weighted by Crippen LogP contribution is -2.61. The van der Waals surface area contributed by atoms with Crippen LogP contribution in [0.15, 0.2) is 64.6 Å². The second-order valence-electron chi connectivity index (χ2n) is 9.23. The molecule has 1 N–H and O–H groups in total. The van der Waals surface area contributed by atoms with Gasteiger partial charge in [0.25, 0.3) is 10.0 Å². The first-order chi connectivity index (χ1) is 17.1. The molecule has 6 rings (SSSR count). The predicted molar refractivity (Wildman–Crippen MR) is 129 cm³/mol. The van der Waals surface area contributed by atoms with E-state index in [4.69, 9.17) is 0 Å². The number of anilines is 1. The van der Waals surface area contributed by atoms with E-state index < -0.39 is 39.3 Å². The second kappa shape index (κ2) is 7.82. The van der Waals surface area contributed by atoms with Crippen molar-refractivity contribution in [3.05, 3.63) is 65.2 Å². The van der Waals surface area contributed by atoms with Gasteiger partial charge in [-0.25, -0.2) is 17.6 Å². The summed E-state index contributed by atoms with van der Waals surface area (Å²) in [5.41, 5.74) is 1.08. The molecule has 3 atom stereocenters. The number of benzene rings is 2. The summed E-state index contributed by atoms with van der Waals surface area (Å²) in [5, 5.41) is 22.7. The molecule has 3 aliphatic heterocycles. The Labute approximate surface area is 211 Å². The summed E-state index contributed by atoms with van der Waals surface area (Å²) in [4.78, 5) is 26.0. The van der Waals surface area contributed by atoms with Crippen molar-refractivity contribution in [3.63, 3.8) is 0 Å². The van der Waals surface area contributed by atoms with Crippen molar-refractivity contribution < 1.29 is 32.8 Å². The van der Waals surface area contributed by atoms with Gasteiger partial charge in [0, 0.05) is 15.9 Å². The number of amides is 1. The van der Waals surface area contributed by atoms with Gasteiger partial charge in [0.2, 0.25) is 12.2 Å². The van der Waals surface area contributed by atoms with E-state index in [0.717, 1.165) is 27.6 Å². The van der Waals surface area contributed by atoms with Gasteiger partial charge in [-0.3, -0.25) is 14.0 Å². The van der Waals surface area contributed by atoms with Crippen molar-refractivity contribution in [1.82, 2.24) is 9.47 Å². The van der Waals surface area contributed by atoms with Crippen molar-refractivity contribution in [2.24, 2.45) is 13.0 Å². The third-order valence-corrected chi connectivity index (χ3v) is 10.1. The topological polar surface area (TPSA) is 127 Å². The Balaban J connectivity index is 1.41. The van der Waals surface area contributed by atoms with E-state index in [0.29, 0.717) is 17.6 Å². The number of hydrogen-bond acceptors (Lipinski definition) is 7. The van der Waals surface area contributed by atoms with Crippen molar-refractivity contribution in [1.29, 1.82) is 0 Å². The molecule has 10 nitrogen and oxygen atoms in total. The average molecular weight is 527 g/mol. The molecule has 1 aromatic heterocycles. The highest BCUT2D eigenvalue weighted by molar-refractivity contribution is 8.04. The van der Waals surface area contributed by atoms with Crippen molar-refractivity contribution >= 4 is 50.1 Å². The molecule has 0 saturated carbocycles. The molecule has 1 amide bonds. The van der Waals surface area contributed by atoms with Crippen LogP contribution in [0, 0.1) is 5.92 Å². The first-order valence-corrected chi connectivity index (χ1v) is 13.6. The van der Waals surface area contributed by atoms with E-state index in [1.54, 1.807) is 24.3 Å². The zero-order valence-corrected chi connectivity index (χ0v) is 21.0. The Kier molecular flexibility index (Phi) is 5.01. The number of fused-ring (bicyclic) bond motifs is 1. The van der Waals surface area contributed by atoms with Crippen LogP contribution in [0.1, 0.15) is 12.5 Å². The lowest BCUT2D eigenvalue weighted by atomic mass is 9.92. The molecule has 4 heterocycles. The summed E-state index contributed by atoms with van der Waals surface area (Å²) in [5.74, 6) is -2.81. The lowest BCUT2D eigenvalue weighted by Gasteiger charge is -2.44. The minimum atomic E-state index is -3.97. The molecule has 1 saturated heterocycles. The van der Waals surface area contributed by atoms with Crippen LogP contribution < -0.4 is 14.0 Å². The number of rotatable bonds is 6. The first-order valence-electron chi connectivity index (χ1n) is 11.3. The van der Waals surface area contributed by atoms with Gasteiger partial charge in [0.05, 0.1) is 47.9 Å². The molecule has 0 bridgehead atoms. The maximum absolute atomic E-state index is 13.6. The number of carboxylic acids is 1. The fourth-order valence-corrected chi connectivity index (χ4v) is 8.61. The molecule has 0 spiro atoms. The number of carbonyl (C=O) groups is 2. The number of thioether (sulfide) groups is 1. The fourth-order valence-electron chi connectivity index (χ4n) is 5.27. The minimum absolute atomic E-state index is 0.162. The quantitative estimate of drug-likeness (QED) is 0.351. The largest absolute Gasteiger partial charge is 0.543 e. The van der Waals surface area contributed by atoms with Crippen LogP contribution in [-0.2, 0) is 33.2 Å². The second-order valence-corrected chi connectivity index (χ2v) is 12.3. The highest BCUT2D eigenvalue weighted by Gasteiger charge is 2.56. The number of nitrogens with zero attached hydrogens (tertiary/aromatic N) is 4. The Morgan fingerprint density at radius 2 is 2.03 bits per heavy atom. The average Bonchev–Trinajstić information content (AvgIpc) is 3.43. The number of β-lactam (4-membered cyclic amide) rings is 1. The van der Waals surface area contributed by atoms with Crippen LogP contribution in [0.3, 0.4) is 0 Å². The number of aryl methyl sites for hydroxylation is 1. The monoisotopic (exact) mass is 526 g/mol. The predicted octanol–water partition coefficient (Wildman–Crippen LogP) is -0.104. The highest BCUT2D eigenvalue weighted by Crippen LogP contribution is 2.52. The molecule has 0 radical (unpaired) electrons. The van der Waals surface area contributed by atoms with Crippen LogP contribution in [0.4, 0.5) is 5.69 Å². The summed E-state index contributed by atoms with van der Waals surface area (Å²) >= 11 is 1.09. The minimum Gasteiger partial charge on any atom is -0.543 e. The van der Waals surface area contributed by atoms with Gasteiger partial charge >= 0.3 is 0 Å². The Morgan fingerprint density at radius 3 is 2.69 bits per heavy atom. The molecule has 3 aromatic rings. The third kappa shape index (κ3) is 3.14. The van der Waals surface area contributed by atoms with Crippen LogP contribution in [-0.4, -0.2) is 52.9 Å². The van der Waals surface area contributed by atoms with Crippen LogP contribution in [0.25, 0.3) is 10.8 Å². The van der Waals surface area contributed by atoms with Crippen LogP contribution in [0.2, 0.25) is 0 Å². The normalized spacial score (nSPS) is 22.8. The van der Waals surface area contributed by atoms with Gasteiger partial charge < -0.3 is 15.0 Å². The first kappa shape index (κ1) is 23.1. The van der Waals surface area contributed by atoms with Gasteiger partial charge in [-0.15, -0.1) is 0 Å². The van der Waals surface area contributed by atoms with Gasteiger partial charge in [-0.1, -0.05) is 30.0 Å². The number of hydrogen-bond donors (Lipinski definition) is 1. The maximum atomic E-state index is 13.6. The van der Waals surface area contributed by atoms with E-state index in [9.17, 15) is 28.2 Å². The van der Waals surface area contributed by atoms with E-state index >= 15 is 0 Å². The fraction of sp³-hybridized carbons (Fsp3) is 0.292. The highest BCUT2D eigenvalue weighted by atomic mass is 32.2. The van der Waals surface area contributed by atoms with Crippen molar-refractivity contribution in [2.45, 2.75) is 29.8 Å². The summed E-state index contributed by atoms with van der Waals surface area (Å²) in [7, 11) is -2.05. The van der Waals surface area contributed by atoms with Crippen molar-refractivity contribution in [2.75, 3.05) is 10.8 Å². The van der Waals surface area contributed by atoms with Gasteiger partial charge in [0.15, 0.2) is 0 Å². The van der Waals surface area contributed by atoms with Gasteiger partial charge in [0.1, 0.15) is 24.3 Å². The third-order valence-electron chi connectivity index (χ3n) is 6.94. The molecular formula is C24H22N4O6S2. The zero-order valence-electron chi connectivity index (χ0n) is 19.4.